The van der Waals surface area contributed by atoms with Crippen LogP contribution >= 0.6 is 0 Å². The Morgan fingerprint density at radius 3 is 2.56 bits per heavy atom. The first-order chi connectivity index (χ1) is 7.63. The molecule has 0 aliphatic heterocycles. The molecule has 0 bridgehead atoms. The van der Waals surface area contributed by atoms with E-state index in [4.69, 9.17) is 14.7 Å². The second-order valence-electron chi connectivity index (χ2n) is 3.30. The predicted molar refractivity (Wildman–Crippen MR) is 59.4 cm³/mol. The van der Waals surface area contributed by atoms with Crippen molar-refractivity contribution in [3.8, 4) is 11.5 Å². The molecule has 5 nitrogen and oxygen atoms in total. The maximum absolute atomic E-state index is 9.70. The van der Waals surface area contributed by atoms with Crippen molar-refractivity contribution in [3.05, 3.63) is 23.3 Å². The van der Waals surface area contributed by atoms with Crippen molar-refractivity contribution >= 4 is 5.71 Å². The van der Waals surface area contributed by atoms with E-state index in [9.17, 15) is 5.11 Å². The molecule has 0 fully saturated rings. The number of methoxy groups -OCH3 is 2. The van der Waals surface area contributed by atoms with Crippen LogP contribution in [0.5, 0.6) is 11.5 Å². The third-order valence-corrected chi connectivity index (χ3v) is 2.24. The number of rotatable bonds is 4. The fourth-order valence-electron chi connectivity index (χ4n) is 1.42. The Bertz CT molecular complexity index is 401. The number of oxime groups is 1. The molecule has 0 aliphatic carbocycles. The molecule has 0 saturated heterocycles. The second-order valence-corrected chi connectivity index (χ2v) is 3.30. The molecule has 88 valence electrons. The van der Waals surface area contributed by atoms with Gasteiger partial charge in [-0.1, -0.05) is 5.16 Å². The summed E-state index contributed by atoms with van der Waals surface area (Å²) in [4.78, 5) is 0. The quantitative estimate of drug-likeness (QED) is 0.465. The molecular formula is C11H15NO4. The van der Waals surface area contributed by atoms with E-state index in [1.807, 2.05) is 0 Å². The molecule has 0 spiro atoms. The molecule has 1 aromatic carbocycles. The highest BCUT2D eigenvalue weighted by Crippen LogP contribution is 2.29. The number of aromatic hydroxyl groups is 1. The zero-order valence-electron chi connectivity index (χ0n) is 9.52. The fraction of sp³-hybridized carbons (Fsp3) is 0.364. The largest absolute Gasteiger partial charge is 0.507 e. The van der Waals surface area contributed by atoms with Crippen molar-refractivity contribution < 1.29 is 19.8 Å². The summed E-state index contributed by atoms with van der Waals surface area (Å²) in [7, 11) is 3.08. The number of nitrogens with zero attached hydrogens (tertiary/aromatic N) is 1. The minimum absolute atomic E-state index is 0.00648. The molecule has 16 heavy (non-hydrogen) atoms. The molecule has 0 atom stereocenters. The van der Waals surface area contributed by atoms with Crippen molar-refractivity contribution in [1.29, 1.82) is 0 Å². The Labute approximate surface area is 93.9 Å². The van der Waals surface area contributed by atoms with Crippen LogP contribution in [-0.2, 0) is 11.3 Å². The Hall–Kier alpha value is -1.75. The van der Waals surface area contributed by atoms with Crippen molar-refractivity contribution in [2.75, 3.05) is 14.2 Å². The molecule has 1 rings (SSSR count). The first-order valence-corrected chi connectivity index (χ1v) is 4.71. The van der Waals surface area contributed by atoms with E-state index in [1.165, 1.54) is 13.2 Å². The molecule has 0 amide bonds. The first kappa shape index (κ1) is 12.3. The van der Waals surface area contributed by atoms with Gasteiger partial charge in [0.2, 0.25) is 0 Å². The van der Waals surface area contributed by atoms with E-state index in [1.54, 1.807) is 20.1 Å². The molecule has 0 heterocycles. The van der Waals surface area contributed by atoms with Gasteiger partial charge >= 0.3 is 0 Å². The number of phenols is 1. The van der Waals surface area contributed by atoms with Gasteiger partial charge in [-0.05, 0) is 13.0 Å². The highest BCUT2D eigenvalue weighted by molar-refractivity contribution is 6.01. The number of hydrogen-bond donors (Lipinski definition) is 2. The van der Waals surface area contributed by atoms with Gasteiger partial charge in [0.05, 0.1) is 19.4 Å². The van der Waals surface area contributed by atoms with E-state index in [-0.39, 0.29) is 5.75 Å². The first-order valence-electron chi connectivity index (χ1n) is 4.71. The van der Waals surface area contributed by atoms with Gasteiger partial charge in [-0.15, -0.1) is 0 Å². The Balaban J connectivity index is 3.27. The van der Waals surface area contributed by atoms with E-state index in [0.29, 0.717) is 23.6 Å². The van der Waals surface area contributed by atoms with E-state index < -0.39 is 0 Å². The van der Waals surface area contributed by atoms with Crippen LogP contribution in [0.1, 0.15) is 18.1 Å². The lowest BCUT2D eigenvalue weighted by atomic mass is 10.1. The summed E-state index contributed by atoms with van der Waals surface area (Å²) in [6.45, 7) is 1.95. The van der Waals surface area contributed by atoms with Crippen molar-refractivity contribution in [1.82, 2.24) is 0 Å². The Morgan fingerprint density at radius 2 is 2.06 bits per heavy atom. The molecule has 0 unspecified atom stereocenters. The summed E-state index contributed by atoms with van der Waals surface area (Å²) in [6.07, 6.45) is 0. The standard InChI is InChI=1S/C11H15NO4/c1-7(12-14)9-4-8(6-15-2)11(16-3)5-10(9)13/h4-5,13-14H,6H2,1-3H3/b12-7+. The lowest BCUT2D eigenvalue weighted by molar-refractivity contribution is 0.181. The van der Waals surface area contributed by atoms with Crippen LogP contribution in [0.3, 0.4) is 0 Å². The molecule has 0 saturated carbocycles. The van der Waals surface area contributed by atoms with Crippen LogP contribution in [0.25, 0.3) is 0 Å². The lowest BCUT2D eigenvalue weighted by Gasteiger charge is -2.11. The van der Waals surface area contributed by atoms with Crippen LogP contribution in [0.4, 0.5) is 0 Å². The average molecular weight is 225 g/mol. The average Bonchev–Trinajstić information content (AvgIpc) is 2.30. The van der Waals surface area contributed by atoms with E-state index in [0.717, 1.165) is 5.56 Å². The topological polar surface area (TPSA) is 71.3 Å². The molecule has 0 aliphatic rings. The number of ether oxygens (including phenoxy) is 2. The lowest BCUT2D eigenvalue weighted by Crippen LogP contribution is -2.00. The highest BCUT2D eigenvalue weighted by atomic mass is 16.5. The molecular weight excluding hydrogens is 210 g/mol. The van der Waals surface area contributed by atoms with Gasteiger partial charge in [-0.25, -0.2) is 0 Å². The van der Waals surface area contributed by atoms with Crippen molar-refractivity contribution in [3.63, 3.8) is 0 Å². The van der Waals surface area contributed by atoms with Gasteiger partial charge < -0.3 is 19.8 Å². The van der Waals surface area contributed by atoms with Crippen LogP contribution in [0.2, 0.25) is 0 Å². The van der Waals surface area contributed by atoms with Gasteiger partial charge in [0.1, 0.15) is 11.5 Å². The minimum Gasteiger partial charge on any atom is -0.507 e. The van der Waals surface area contributed by atoms with Gasteiger partial charge in [0, 0.05) is 24.3 Å². The zero-order valence-corrected chi connectivity index (χ0v) is 9.52. The Kier molecular flexibility index (Phi) is 4.13. The molecule has 1 aromatic rings. The monoisotopic (exact) mass is 225 g/mol. The van der Waals surface area contributed by atoms with Crippen molar-refractivity contribution in [2.24, 2.45) is 5.16 Å². The van der Waals surface area contributed by atoms with E-state index in [2.05, 4.69) is 5.16 Å². The van der Waals surface area contributed by atoms with Crippen LogP contribution in [0.15, 0.2) is 17.3 Å². The van der Waals surface area contributed by atoms with Gasteiger partial charge in [0.25, 0.3) is 0 Å². The number of benzene rings is 1. The fourth-order valence-corrected chi connectivity index (χ4v) is 1.42. The molecule has 5 heteroatoms. The van der Waals surface area contributed by atoms with Crippen LogP contribution in [0, 0.1) is 0 Å². The highest BCUT2D eigenvalue weighted by Gasteiger charge is 2.12. The number of hydrogen-bond acceptors (Lipinski definition) is 5. The third kappa shape index (κ3) is 2.43. The molecule has 0 aromatic heterocycles. The van der Waals surface area contributed by atoms with Gasteiger partial charge in [-0.2, -0.15) is 0 Å². The normalized spacial score (nSPS) is 11.6. The van der Waals surface area contributed by atoms with Crippen molar-refractivity contribution in [2.45, 2.75) is 13.5 Å². The predicted octanol–water partition coefficient (Wildman–Crippen LogP) is 1.75. The summed E-state index contributed by atoms with van der Waals surface area (Å²) in [6, 6.07) is 3.14. The summed E-state index contributed by atoms with van der Waals surface area (Å²) < 4.78 is 10.1. The molecule has 0 radical (unpaired) electrons. The zero-order chi connectivity index (χ0) is 12.1. The van der Waals surface area contributed by atoms with Gasteiger partial charge in [0.15, 0.2) is 0 Å². The smallest absolute Gasteiger partial charge is 0.128 e. The maximum atomic E-state index is 9.70. The second kappa shape index (κ2) is 5.37. The van der Waals surface area contributed by atoms with E-state index >= 15 is 0 Å². The number of phenolic OH excluding ortho intramolecular Hbond substituents is 1. The summed E-state index contributed by atoms with van der Waals surface area (Å²) in [5.41, 5.74) is 1.56. The SMILES string of the molecule is COCc1cc(/C(C)=N/O)c(O)cc1OC. The maximum Gasteiger partial charge on any atom is 0.128 e. The summed E-state index contributed by atoms with van der Waals surface area (Å²) >= 11 is 0. The van der Waals surface area contributed by atoms with Gasteiger partial charge in [-0.3, -0.25) is 0 Å². The Morgan fingerprint density at radius 1 is 1.38 bits per heavy atom. The third-order valence-electron chi connectivity index (χ3n) is 2.24. The van der Waals surface area contributed by atoms with Crippen LogP contribution < -0.4 is 4.74 Å². The summed E-state index contributed by atoms with van der Waals surface area (Å²) in [5.74, 6) is 0.542. The summed E-state index contributed by atoms with van der Waals surface area (Å²) in [5, 5.41) is 21.4. The minimum atomic E-state index is 0.00648. The van der Waals surface area contributed by atoms with Crippen LogP contribution in [-0.4, -0.2) is 30.2 Å². The molecule has 2 N–H and O–H groups in total.